The summed E-state index contributed by atoms with van der Waals surface area (Å²) in [6, 6.07) is 15.7. The van der Waals surface area contributed by atoms with Crippen LogP contribution in [-0.2, 0) is 13.2 Å². The van der Waals surface area contributed by atoms with Crippen LogP contribution >= 0.6 is 0 Å². The highest BCUT2D eigenvalue weighted by Crippen LogP contribution is 2.53. The standard InChI is InChI=1S/C24H28FNO/c25-22-7-3-1-6-19(22)15-27-23-8-4-2-5-18(23)14-26-24-20-10-16-9-17(12-20)13-21(24)11-16/h1-8,16-17,20-21,24,26H,9-15H2. The maximum absolute atomic E-state index is 13.9. The summed E-state index contributed by atoms with van der Waals surface area (Å²) in [4.78, 5) is 0. The highest BCUT2D eigenvalue weighted by atomic mass is 19.1. The number of hydrogen-bond donors (Lipinski definition) is 1. The van der Waals surface area contributed by atoms with Crippen LogP contribution in [0.3, 0.4) is 0 Å². The van der Waals surface area contributed by atoms with Gasteiger partial charge in [0.25, 0.3) is 0 Å². The van der Waals surface area contributed by atoms with E-state index in [1.54, 1.807) is 12.1 Å². The molecule has 27 heavy (non-hydrogen) atoms. The molecule has 2 aromatic carbocycles. The van der Waals surface area contributed by atoms with E-state index in [1.807, 2.05) is 18.2 Å². The summed E-state index contributed by atoms with van der Waals surface area (Å²) in [6.07, 6.45) is 7.20. The van der Waals surface area contributed by atoms with Gasteiger partial charge in [-0.25, -0.2) is 4.39 Å². The Morgan fingerprint density at radius 1 is 0.815 bits per heavy atom. The van der Waals surface area contributed by atoms with Crippen LogP contribution in [0.25, 0.3) is 0 Å². The molecule has 0 spiro atoms. The smallest absolute Gasteiger partial charge is 0.129 e. The van der Waals surface area contributed by atoms with Crippen molar-refractivity contribution in [1.82, 2.24) is 5.32 Å². The molecule has 4 aliphatic rings. The first-order chi connectivity index (χ1) is 13.3. The lowest BCUT2D eigenvalue weighted by molar-refractivity contribution is -0.0143. The van der Waals surface area contributed by atoms with Crippen molar-refractivity contribution in [2.75, 3.05) is 0 Å². The van der Waals surface area contributed by atoms with E-state index in [4.69, 9.17) is 4.74 Å². The highest BCUT2D eigenvalue weighted by molar-refractivity contribution is 5.33. The molecule has 4 saturated carbocycles. The second-order valence-corrected chi connectivity index (χ2v) is 8.83. The van der Waals surface area contributed by atoms with E-state index in [-0.39, 0.29) is 12.4 Å². The highest BCUT2D eigenvalue weighted by Gasteiger charge is 2.47. The van der Waals surface area contributed by atoms with E-state index in [9.17, 15) is 4.39 Å². The summed E-state index contributed by atoms with van der Waals surface area (Å²) in [7, 11) is 0. The lowest BCUT2D eigenvalue weighted by Gasteiger charge is -2.54. The van der Waals surface area contributed by atoms with Crippen molar-refractivity contribution in [1.29, 1.82) is 0 Å². The summed E-state index contributed by atoms with van der Waals surface area (Å²) in [5.41, 5.74) is 1.77. The van der Waals surface area contributed by atoms with Crippen LogP contribution < -0.4 is 10.1 Å². The third-order valence-corrected chi connectivity index (χ3v) is 7.07. The van der Waals surface area contributed by atoms with E-state index in [0.29, 0.717) is 11.6 Å². The van der Waals surface area contributed by atoms with Crippen molar-refractivity contribution in [2.45, 2.75) is 51.3 Å². The molecule has 0 aliphatic heterocycles. The average Bonchev–Trinajstić information content (AvgIpc) is 2.67. The zero-order valence-corrected chi connectivity index (χ0v) is 15.7. The lowest BCUT2D eigenvalue weighted by atomic mass is 9.54. The Bertz CT molecular complexity index is 776. The summed E-state index contributed by atoms with van der Waals surface area (Å²) in [5, 5.41) is 3.88. The summed E-state index contributed by atoms with van der Waals surface area (Å²) in [5.74, 6) is 4.39. The molecule has 0 amide bonds. The second-order valence-electron chi connectivity index (χ2n) is 8.83. The van der Waals surface area contributed by atoms with Gasteiger partial charge in [0.2, 0.25) is 0 Å². The molecule has 4 aliphatic carbocycles. The van der Waals surface area contributed by atoms with Gasteiger partial charge in [-0.05, 0) is 67.9 Å². The monoisotopic (exact) mass is 365 g/mol. The number of nitrogens with one attached hydrogen (secondary N) is 1. The number of para-hydroxylation sites is 1. The molecular formula is C24H28FNO. The van der Waals surface area contributed by atoms with Crippen LogP contribution in [0.1, 0.15) is 43.2 Å². The Kier molecular flexibility index (Phi) is 4.65. The molecule has 2 nitrogen and oxygen atoms in total. The predicted octanol–water partition coefficient (Wildman–Crippen LogP) is 5.32. The third kappa shape index (κ3) is 3.50. The fraction of sp³-hybridized carbons (Fsp3) is 0.500. The Labute approximate surface area is 161 Å². The zero-order chi connectivity index (χ0) is 18.2. The molecule has 2 aromatic rings. The van der Waals surface area contributed by atoms with Gasteiger partial charge in [0.05, 0.1) is 0 Å². The van der Waals surface area contributed by atoms with Crippen molar-refractivity contribution in [3.05, 3.63) is 65.5 Å². The predicted molar refractivity (Wildman–Crippen MR) is 105 cm³/mol. The molecule has 6 rings (SSSR count). The number of benzene rings is 2. The summed E-state index contributed by atoms with van der Waals surface area (Å²) in [6.45, 7) is 1.10. The van der Waals surface area contributed by atoms with Gasteiger partial charge in [-0.1, -0.05) is 36.4 Å². The topological polar surface area (TPSA) is 21.3 Å². The van der Waals surface area contributed by atoms with Gasteiger partial charge in [0, 0.05) is 23.7 Å². The molecule has 4 fully saturated rings. The molecule has 4 bridgehead atoms. The Hall–Kier alpha value is -1.87. The molecule has 142 valence electrons. The maximum atomic E-state index is 13.9. The van der Waals surface area contributed by atoms with E-state index in [2.05, 4.69) is 17.4 Å². The van der Waals surface area contributed by atoms with Crippen LogP contribution in [0.4, 0.5) is 4.39 Å². The average molecular weight is 365 g/mol. The van der Waals surface area contributed by atoms with Crippen molar-refractivity contribution in [3.63, 3.8) is 0 Å². The Balaban J connectivity index is 1.24. The van der Waals surface area contributed by atoms with Gasteiger partial charge >= 0.3 is 0 Å². The van der Waals surface area contributed by atoms with E-state index in [1.165, 1.54) is 43.7 Å². The van der Waals surface area contributed by atoms with Crippen LogP contribution in [0, 0.1) is 29.5 Å². The van der Waals surface area contributed by atoms with Gasteiger partial charge in [-0.3, -0.25) is 0 Å². The molecular weight excluding hydrogens is 337 g/mol. The molecule has 0 heterocycles. The van der Waals surface area contributed by atoms with Crippen molar-refractivity contribution in [3.8, 4) is 5.75 Å². The number of ether oxygens (including phenoxy) is 1. The van der Waals surface area contributed by atoms with Crippen LogP contribution in [0.5, 0.6) is 5.75 Å². The SMILES string of the molecule is Fc1ccccc1COc1ccccc1CNC1C2CC3CC(C2)CC1C3. The van der Waals surface area contributed by atoms with E-state index in [0.717, 1.165) is 36.0 Å². The molecule has 0 aromatic heterocycles. The van der Waals surface area contributed by atoms with Crippen LogP contribution in [0.2, 0.25) is 0 Å². The molecule has 1 N–H and O–H groups in total. The first kappa shape index (κ1) is 17.2. The Morgan fingerprint density at radius 2 is 1.44 bits per heavy atom. The number of halogens is 1. The summed E-state index contributed by atoms with van der Waals surface area (Å²) >= 11 is 0. The fourth-order valence-corrected chi connectivity index (χ4v) is 6.05. The maximum Gasteiger partial charge on any atom is 0.129 e. The van der Waals surface area contributed by atoms with E-state index < -0.39 is 0 Å². The van der Waals surface area contributed by atoms with E-state index >= 15 is 0 Å². The lowest BCUT2D eigenvalue weighted by Crippen LogP contribution is -2.54. The minimum Gasteiger partial charge on any atom is -0.488 e. The third-order valence-electron chi connectivity index (χ3n) is 7.07. The van der Waals surface area contributed by atoms with Gasteiger partial charge in [-0.2, -0.15) is 0 Å². The quantitative estimate of drug-likeness (QED) is 0.748. The summed E-state index contributed by atoms with van der Waals surface area (Å²) < 4.78 is 19.8. The van der Waals surface area contributed by atoms with Gasteiger partial charge in [-0.15, -0.1) is 0 Å². The van der Waals surface area contributed by atoms with Crippen LogP contribution in [0.15, 0.2) is 48.5 Å². The van der Waals surface area contributed by atoms with Gasteiger partial charge in [0.1, 0.15) is 18.2 Å². The Morgan fingerprint density at radius 3 is 2.15 bits per heavy atom. The van der Waals surface area contributed by atoms with Crippen molar-refractivity contribution < 1.29 is 9.13 Å². The van der Waals surface area contributed by atoms with Gasteiger partial charge < -0.3 is 10.1 Å². The fourth-order valence-electron chi connectivity index (χ4n) is 6.05. The molecule has 0 atom stereocenters. The number of hydrogen-bond acceptors (Lipinski definition) is 2. The minimum absolute atomic E-state index is 0.207. The molecule has 0 saturated heterocycles. The molecule has 0 unspecified atom stereocenters. The second kappa shape index (κ2) is 7.27. The molecule has 0 radical (unpaired) electrons. The van der Waals surface area contributed by atoms with Gasteiger partial charge in [0.15, 0.2) is 0 Å². The largest absolute Gasteiger partial charge is 0.488 e. The zero-order valence-electron chi connectivity index (χ0n) is 15.7. The first-order valence-electron chi connectivity index (χ1n) is 10.4. The minimum atomic E-state index is -0.207. The van der Waals surface area contributed by atoms with Crippen LogP contribution in [-0.4, -0.2) is 6.04 Å². The molecule has 3 heteroatoms. The van der Waals surface area contributed by atoms with Crippen molar-refractivity contribution in [2.24, 2.45) is 23.7 Å². The normalized spacial score (nSPS) is 31.2. The van der Waals surface area contributed by atoms with Crippen molar-refractivity contribution >= 4 is 0 Å². The number of rotatable bonds is 6. The first-order valence-corrected chi connectivity index (χ1v) is 10.4.